The Morgan fingerprint density at radius 1 is 1.25 bits per heavy atom. The fourth-order valence-electron chi connectivity index (χ4n) is 3.50. The molecule has 0 radical (unpaired) electrons. The van der Waals surface area contributed by atoms with Crippen molar-refractivity contribution in [3.63, 3.8) is 0 Å². The molecule has 0 amide bonds. The van der Waals surface area contributed by atoms with Gasteiger partial charge in [0.25, 0.3) is 0 Å². The molecule has 2 heterocycles. The summed E-state index contributed by atoms with van der Waals surface area (Å²) in [5.74, 6) is 1.72. The van der Waals surface area contributed by atoms with Gasteiger partial charge in [-0.3, -0.25) is 14.6 Å². The quantitative estimate of drug-likeness (QED) is 0.333. The molecule has 2 aromatic rings. The third kappa shape index (κ3) is 6.37. The molecule has 0 aliphatic carbocycles. The Balaban J connectivity index is 0.00000280. The highest BCUT2D eigenvalue weighted by Gasteiger charge is 2.24. The number of nitrogens with one attached hydrogen (secondary N) is 2. The van der Waals surface area contributed by atoms with E-state index in [0.717, 1.165) is 44.4 Å². The molecule has 0 spiro atoms. The number of methoxy groups -OCH3 is 1. The smallest absolute Gasteiger partial charge is 0.191 e. The SMILES string of the molecule is CN=C(NCCn1cccn1)NCC(c1cccc(OC)c1)N1CCCC1.I. The molecule has 1 saturated heterocycles. The van der Waals surface area contributed by atoms with Crippen molar-refractivity contribution < 1.29 is 4.74 Å². The van der Waals surface area contributed by atoms with E-state index in [1.807, 2.05) is 23.0 Å². The normalized spacial score (nSPS) is 15.7. The van der Waals surface area contributed by atoms with Crippen molar-refractivity contribution in [2.45, 2.75) is 25.4 Å². The molecule has 154 valence electrons. The van der Waals surface area contributed by atoms with Gasteiger partial charge in [-0.15, -0.1) is 24.0 Å². The summed E-state index contributed by atoms with van der Waals surface area (Å²) >= 11 is 0. The Morgan fingerprint density at radius 2 is 2.07 bits per heavy atom. The predicted molar refractivity (Wildman–Crippen MR) is 124 cm³/mol. The number of hydrogen-bond donors (Lipinski definition) is 2. The minimum atomic E-state index is 0. The van der Waals surface area contributed by atoms with E-state index in [-0.39, 0.29) is 24.0 Å². The molecule has 28 heavy (non-hydrogen) atoms. The van der Waals surface area contributed by atoms with Crippen molar-refractivity contribution in [1.29, 1.82) is 0 Å². The van der Waals surface area contributed by atoms with E-state index in [0.29, 0.717) is 6.04 Å². The van der Waals surface area contributed by atoms with Gasteiger partial charge in [0.05, 0.1) is 19.7 Å². The number of aliphatic imine (C=N–C) groups is 1. The first-order valence-corrected chi connectivity index (χ1v) is 9.60. The van der Waals surface area contributed by atoms with Crippen LogP contribution in [-0.2, 0) is 6.54 Å². The molecule has 1 aromatic heterocycles. The Hall–Kier alpha value is -1.81. The second-order valence-corrected chi connectivity index (χ2v) is 6.68. The predicted octanol–water partition coefficient (Wildman–Crippen LogP) is 2.51. The van der Waals surface area contributed by atoms with Gasteiger partial charge in [-0.25, -0.2) is 0 Å². The van der Waals surface area contributed by atoms with Gasteiger partial charge in [-0.1, -0.05) is 12.1 Å². The monoisotopic (exact) mass is 498 g/mol. The van der Waals surface area contributed by atoms with Gasteiger partial charge in [0.2, 0.25) is 0 Å². The molecule has 1 aliphatic heterocycles. The molecular weight excluding hydrogens is 467 g/mol. The lowest BCUT2D eigenvalue weighted by Gasteiger charge is -2.29. The lowest BCUT2D eigenvalue weighted by molar-refractivity contribution is 0.245. The number of ether oxygens (including phenoxy) is 1. The summed E-state index contributed by atoms with van der Waals surface area (Å²) in [4.78, 5) is 6.89. The van der Waals surface area contributed by atoms with Crippen LogP contribution in [0, 0.1) is 0 Å². The molecule has 2 N–H and O–H groups in total. The van der Waals surface area contributed by atoms with Crippen LogP contribution >= 0.6 is 24.0 Å². The fourth-order valence-corrected chi connectivity index (χ4v) is 3.50. The van der Waals surface area contributed by atoms with Crippen molar-refractivity contribution in [2.75, 3.05) is 40.3 Å². The van der Waals surface area contributed by atoms with Gasteiger partial charge in [0.15, 0.2) is 5.96 Å². The Labute approximate surface area is 184 Å². The Kier molecular flexibility index (Phi) is 9.56. The highest BCUT2D eigenvalue weighted by atomic mass is 127. The summed E-state index contributed by atoms with van der Waals surface area (Å²) in [5.41, 5.74) is 1.27. The average Bonchev–Trinajstić information content (AvgIpc) is 3.41. The van der Waals surface area contributed by atoms with Gasteiger partial charge in [-0.05, 0) is 49.7 Å². The minimum Gasteiger partial charge on any atom is -0.497 e. The van der Waals surface area contributed by atoms with E-state index in [1.54, 1.807) is 20.4 Å². The van der Waals surface area contributed by atoms with E-state index < -0.39 is 0 Å². The highest BCUT2D eigenvalue weighted by Crippen LogP contribution is 2.27. The van der Waals surface area contributed by atoms with Crippen LogP contribution in [0.2, 0.25) is 0 Å². The van der Waals surface area contributed by atoms with Gasteiger partial charge >= 0.3 is 0 Å². The number of aromatic nitrogens is 2. The molecule has 0 saturated carbocycles. The van der Waals surface area contributed by atoms with Crippen LogP contribution < -0.4 is 15.4 Å². The summed E-state index contributed by atoms with van der Waals surface area (Å²) in [6, 6.07) is 10.6. The van der Waals surface area contributed by atoms with Crippen LogP contribution in [0.1, 0.15) is 24.4 Å². The van der Waals surface area contributed by atoms with Gasteiger partial charge < -0.3 is 15.4 Å². The van der Waals surface area contributed by atoms with Crippen molar-refractivity contribution in [3.05, 3.63) is 48.3 Å². The number of nitrogens with zero attached hydrogens (tertiary/aromatic N) is 4. The van der Waals surface area contributed by atoms with E-state index in [1.165, 1.54) is 18.4 Å². The van der Waals surface area contributed by atoms with Gasteiger partial charge in [0, 0.05) is 32.5 Å². The van der Waals surface area contributed by atoms with Crippen LogP contribution in [0.3, 0.4) is 0 Å². The van der Waals surface area contributed by atoms with Crippen molar-refractivity contribution >= 4 is 29.9 Å². The van der Waals surface area contributed by atoms with E-state index >= 15 is 0 Å². The molecule has 3 rings (SSSR count). The van der Waals surface area contributed by atoms with E-state index in [9.17, 15) is 0 Å². The van der Waals surface area contributed by atoms with E-state index in [2.05, 4.69) is 43.8 Å². The van der Waals surface area contributed by atoms with Crippen LogP contribution in [-0.4, -0.2) is 61.0 Å². The number of benzene rings is 1. The Bertz CT molecular complexity index is 715. The molecule has 1 atom stereocenters. The number of likely N-dealkylation sites (tertiary alicyclic amines) is 1. The number of guanidine groups is 1. The zero-order valence-corrected chi connectivity index (χ0v) is 19.0. The van der Waals surface area contributed by atoms with Crippen LogP contribution in [0.15, 0.2) is 47.7 Å². The lowest BCUT2D eigenvalue weighted by Crippen LogP contribution is -2.43. The molecule has 1 aromatic carbocycles. The number of hydrogen-bond acceptors (Lipinski definition) is 4. The second-order valence-electron chi connectivity index (χ2n) is 6.68. The van der Waals surface area contributed by atoms with Crippen molar-refractivity contribution in [3.8, 4) is 5.75 Å². The third-order valence-corrected chi connectivity index (χ3v) is 4.94. The fraction of sp³-hybridized carbons (Fsp3) is 0.500. The summed E-state index contributed by atoms with van der Waals surface area (Å²) in [7, 11) is 3.52. The van der Waals surface area contributed by atoms with Gasteiger partial charge in [-0.2, -0.15) is 5.10 Å². The lowest BCUT2D eigenvalue weighted by atomic mass is 10.1. The first kappa shape index (κ1) is 22.5. The van der Waals surface area contributed by atoms with Gasteiger partial charge in [0.1, 0.15) is 5.75 Å². The maximum Gasteiger partial charge on any atom is 0.191 e. The average molecular weight is 498 g/mol. The standard InChI is InChI=1S/C20H30N6O.HI/c1-21-20(22-10-14-26-13-6-9-24-26)23-16-19(25-11-3-4-12-25)17-7-5-8-18(15-17)27-2;/h5-9,13,15,19H,3-4,10-12,14,16H2,1-2H3,(H2,21,22,23);1H. The maximum atomic E-state index is 5.42. The minimum absolute atomic E-state index is 0. The highest BCUT2D eigenvalue weighted by molar-refractivity contribution is 14.0. The molecule has 1 unspecified atom stereocenters. The maximum absolute atomic E-state index is 5.42. The summed E-state index contributed by atoms with van der Waals surface area (Å²) in [6.45, 7) is 4.65. The summed E-state index contributed by atoms with van der Waals surface area (Å²) in [6.07, 6.45) is 6.28. The third-order valence-electron chi connectivity index (χ3n) is 4.94. The first-order chi connectivity index (χ1) is 13.3. The molecule has 8 heteroatoms. The molecule has 1 fully saturated rings. The van der Waals surface area contributed by atoms with Crippen LogP contribution in [0.4, 0.5) is 0 Å². The number of halogens is 1. The van der Waals surface area contributed by atoms with Crippen LogP contribution in [0.5, 0.6) is 5.75 Å². The number of rotatable bonds is 8. The second kappa shape index (κ2) is 11.9. The van der Waals surface area contributed by atoms with Crippen molar-refractivity contribution in [2.24, 2.45) is 4.99 Å². The summed E-state index contributed by atoms with van der Waals surface area (Å²) < 4.78 is 7.33. The largest absolute Gasteiger partial charge is 0.497 e. The Morgan fingerprint density at radius 3 is 2.75 bits per heavy atom. The summed E-state index contributed by atoms with van der Waals surface area (Å²) in [5, 5.41) is 11.1. The van der Waals surface area contributed by atoms with E-state index in [4.69, 9.17) is 4.74 Å². The van der Waals surface area contributed by atoms with Crippen LogP contribution in [0.25, 0.3) is 0 Å². The molecule has 0 bridgehead atoms. The zero-order chi connectivity index (χ0) is 18.9. The first-order valence-electron chi connectivity index (χ1n) is 9.60. The molecule has 1 aliphatic rings. The molecule has 7 nitrogen and oxygen atoms in total. The van der Waals surface area contributed by atoms with Crippen molar-refractivity contribution in [1.82, 2.24) is 25.3 Å². The topological polar surface area (TPSA) is 66.7 Å². The zero-order valence-electron chi connectivity index (χ0n) is 16.7. The molecular formula is C20H31IN6O.